The summed E-state index contributed by atoms with van der Waals surface area (Å²) in [5, 5.41) is 12.4. The summed E-state index contributed by atoms with van der Waals surface area (Å²) in [5.74, 6) is -1.29. The molecule has 2 aromatic rings. The predicted molar refractivity (Wildman–Crippen MR) is 110 cm³/mol. The van der Waals surface area contributed by atoms with Gasteiger partial charge in [0.05, 0.1) is 20.9 Å². The number of carbonyl (C=O) groups is 2. The fourth-order valence-corrected chi connectivity index (χ4v) is 5.48. The predicted octanol–water partition coefficient (Wildman–Crippen LogP) is -0.121. The molecule has 2 heterocycles. The Balaban J connectivity index is 0.00000256. The monoisotopic (exact) mass is 463 g/mol. The molecule has 3 rings (SSSR count). The first kappa shape index (κ1) is 25.3. The van der Waals surface area contributed by atoms with Crippen molar-refractivity contribution in [2.24, 2.45) is 0 Å². The van der Waals surface area contributed by atoms with E-state index < -0.39 is 38.8 Å². The van der Waals surface area contributed by atoms with E-state index in [9.17, 15) is 23.1 Å². The minimum Gasteiger partial charge on any atom is -1.00 e. The maximum Gasteiger partial charge on any atom is 1.00 e. The molecule has 1 aromatic carbocycles. The number of nitrogens with zero attached hydrogens (tertiary/aromatic N) is 3. The van der Waals surface area contributed by atoms with E-state index in [2.05, 4.69) is 5.10 Å². The number of carbonyl (C=O) groups excluding carboxylic acids is 1. The number of rotatable bonds is 4. The van der Waals surface area contributed by atoms with Crippen LogP contribution in [0.25, 0.3) is 5.69 Å². The number of carboxylic acid groups (broad SMARTS) is 1. The molecule has 1 aromatic heterocycles. The Morgan fingerprint density at radius 1 is 1.32 bits per heavy atom. The van der Waals surface area contributed by atoms with Crippen molar-refractivity contribution in [2.45, 2.75) is 49.0 Å². The Labute approximate surface area is 198 Å². The van der Waals surface area contributed by atoms with Crippen LogP contribution in [0.5, 0.6) is 0 Å². The van der Waals surface area contributed by atoms with E-state index in [-0.39, 0.29) is 43.2 Å². The Kier molecular flexibility index (Phi) is 7.54. The van der Waals surface area contributed by atoms with Gasteiger partial charge in [0.2, 0.25) is 0 Å². The third-order valence-corrected chi connectivity index (χ3v) is 7.22. The van der Waals surface area contributed by atoms with Crippen LogP contribution in [0, 0.1) is 0 Å². The molecule has 12 heteroatoms. The maximum absolute atomic E-state index is 13.2. The zero-order chi connectivity index (χ0) is 22.3. The SMILES string of the molecule is CC(C)(C)OC(=O)N1C[C@H](S(=O)(=O)c2ccc(-n3cccn3)cc2Cl)C[C@H]1C(=O)O.[H-].[Li+]. The van der Waals surface area contributed by atoms with Gasteiger partial charge in [-0.15, -0.1) is 0 Å². The number of carboxylic acids is 1. The second kappa shape index (κ2) is 9.24. The molecule has 0 bridgehead atoms. The molecule has 0 unspecified atom stereocenters. The zero-order valence-corrected chi connectivity index (χ0v) is 19.2. The van der Waals surface area contributed by atoms with Gasteiger partial charge < -0.3 is 11.3 Å². The average Bonchev–Trinajstić information content (AvgIpc) is 3.30. The first-order valence-electron chi connectivity index (χ1n) is 9.16. The number of likely N-dealkylation sites (tertiary alicyclic amines) is 1. The standard InChI is InChI=1S/C19H22ClN3O6S.Li.H/c1-19(2,3)29-18(26)22-11-13(10-15(22)17(24)25)30(27,28)16-6-5-12(9-14(16)20)23-8-4-7-21-23;;/h4-9,13,15H,10-11H2,1-3H3,(H,24,25);;/q;+1;-1/t13-,15+;;/m1../s1. The summed E-state index contributed by atoms with van der Waals surface area (Å²) in [5.41, 5.74) is -0.267. The molecule has 1 amide bonds. The summed E-state index contributed by atoms with van der Waals surface area (Å²) >= 11 is 6.25. The minimum atomic E-state index is -4.01. The van der Waals surface area contributed by atoms with Crippen molar-refractivity contribution in [1.29, 1.82) is 0 Å². The molecule has 164 valence electrons. The molecule has 1 N–H and O–H groups in total. The van der Waals surface area contributed by atoms with Crippen molar-refractivity contribution in [2.75, 3.05) is 6.54 Å². The van der Waals surface area contributed by atoms with Crippen LogP contribution in [0.4, 0.5) is 4.79 Å². The van der Waals surface area contributed by atoms with Crippen LogP contribution < -0.4 is 18.9 Å². The van der Waals surface area contributed by atoms with E-state index in [0.29, 0.717) is 5.69 Å². The van der Waals surface area contributed by atoms with Gasteiger partial charge in [0.1, 0.15) is 11.6 Å². The fraction of sp³-hybridized carbons (Fsp3) is 0.421. The molecule has 9 nitrogen and oxygen atoms in total. The van der Waals surface area contributed by atoms with Crippen LogP contribution >= 0.6 is 11.6 Å². The summed E-state index contributed by atoms with van der Waals surface area (Å²) in [7, 11) is -4.01. The van der Waals surface area contributed by atoms with Crippen molar-refractivity contribution < 1.29 is 48.1 Å². The Morgan fingerprint density at radius 2 is 2.00 bits per heavy atom. The van der Waals surface area contributed by atoms with Gasteiger partial charge in [-0.1, -0.05) is 11.6 Å². The van der Waals surface area contributed by atoms with Crippen LogP contribution in [-0.2, 0) is 19.4 Å². The van der Waals surface area contributed by atoms with Crippen LogP contribution in [0.15, 0.2) is 41.6 Å². The van der Waals surface area contributed by atoms with E-state index in [4.69, 9.17) is 16.3 Å². The van der Waals surface area contributed by atoms with E-state index in [1.54, 1.807) is 45.3 Å². The molecule has 2 atom stereocenters. The molecule has 1 aliphatic rings. The van der Waals surface area contributed by atoms with Crippen molar-refractivity contribution in [3.05, 3.63) is 41.7 Å². The van der Waals surface area contributed by atoms with Gasteiger partial charge in [-0.05, 0) is 51.5 Å². The quantitative estimate of drug-likeness (QED) is 0.628. The van der Waals surface area contributed by atoms with Crippen molar-refractivity contribution >= 4 is 33.5 Å². The number of ether oxygens (including phenoxy) is 1. The van der Waals surface area contributed by atoms with Crippen LogP contribution in [0.3, 0.4) is 0 Å². The van der Waals surface area contributed by atoms with E-state index in [1.807, 2.05) is 0 Å². The molecule has 0 spiro atoms. The number of amides is 1. The number of sulfone groups is 1. The molecule has 1 saturated heterocycles. The van der Waals surface area contributed by atoms with E-state index in [0.717, 1.165) is 4.90 Å². The number of hydrogen-bond acceptors (Lipinski definition) is 6. The van der Waals surface area contributed by atoms with Gasteiger partial charge in [-0.3, -0.25) is 4.90 Å². The largest absolute Gasteiger partial charge is 1.00 e. The summed E-state index contributed by atoms with van der Waals surface area (Å²) in [6.07, 6.45) is 2.14. The van der Waals surface area contributed by atoms with Gasteiger partial charge in [0.15, 0.2) is 9.84 Å². The van der Waals surface area contributed by atoms with E-state index >= 15 is 0 Å². The van der Waals surface area contributed by atoms with Crippen molar-refractivity contribution in [3.63, 3.8) is 0 Å². The second-order valence-corrected chi connectivity index (χ2v) is 10.6. The van der Waals surface area contributed by atoms with Crippen LogP contribution in [0.2, 0.25) is 5.02 Å². The smallest absolute Gasteiger partial charge is 1.00 e. The summed E-state index contributed by atoms with van der Waals surface area (Å²) in [6, 6.07) is 4.80. The molecule has 0 saturated carbocycles. The number of halogens is 1. The van der Waals surface area contributed by atoms with Crippen molar-refractivity contribution in [3.8, 4) is 5.69 Å². The Bertz CT molecular complexity index is 1080. The Morgan fingerprint density at radius 3 is 2.52 bits per heavy atom. The molecule has 1 fully saturated rings. The topological polar surface area (TPSA) is 119 Å². The molecule has 31 heavy (non-hydrogen) atoms. The minimum absolute atomic E-state index is 0. The number of benzene rings is 1. The van der Waals surface area contributed by atoms with Crippen LogP contribution in [-0.4, -0.2) is 63.7 Å². The molecule has 0 aliphatic carbocycles. The third kappa shape index (κ3) is 5.44. The fourth-order valence-electron chi connectivity index (χ4n) is 3.24. The van der Waals surface area contributed by atoms with Crippen molar-refractivity contribution in [1.82, 2.24) is 14.7 Å². The van der Waals surface area contributed by atoms with Gasteiger partial charge in [-0.2, -0.15) is 5.10 Å². The molecule has 1 aliphatic heterocycles. The van der Waals surface area contributed by atoms with Gasteiger partial charge in [0.25, 0.3) is 0 Å². The van der Waals surface area contributed by atoms with Gasteiger partial charge in [-0.25, -0.2) is 22.7 Å². The molecular weight excluding hydrogens is 441 g/mol. The first-order chi connectivity index (χ1) is 13.9. The zero-order valence-electron chi connectivity index (χ0n) is 18.6. The second-order valence-electron chi connectivity index (χ2n) is 7.95. The number of aliphatic carboxylic acids is 1. The molecular formula is C19H23ClLiN3O6S. The van der Waals surface area contributed by atoms with Gasteiger partial charge >= 0.3 is 30.9 Å². The Hall–Kier alpha value is -1.99. The van der Waals surface area contributed by atoms with Crippen LogP contribution in [0.1, 0.15) is 28.6 Å². The maximum atomic E-state index is 13.2. The summed E-state index contributed by atoms with van der Waals surface area (Å²) < 4.78 is 33.2. The van der Waals surface area contributed by atoms with E-state index in [1.165, 1.54) is 16.8 Å². The van der Waals surface area contributed by atoms with Gasteiger partial charge in [0, 0.05) is 18.9 Å². The average molecular weight is 464 g/mol. The normalized spacial score (nSPS) is 19.0. The molecule has 0 radical (unpaired) electrons. The summed E-state index contributed by atoms with van der Waals surface area (Å²) in [4.78, 5) is 24.9. The summed E-state index contributed by atoms with van der Waals surface area (Å²) in [6.45, 7) is 4.63. The first-order valence-corrected chi connectivity index (χ1v) is 11.1. The number of aromatic nitrogens is 2. The number of hydrogen-bond donors (Lipinski definition) is 1. The third-order valence-electron chi connectivity index (χ3n) is 4.61.